The molecule has 0 aliphatic rings. The number of aldehydes is 1. The zero-order chi connectivity index (χ0) is 10.1. The molecule has 1 atom stereocenters. The molecule has 1 N–H and O–H groups in total. The van der Waals surface area contributed by atoms with Gasteiger partial charge in [-0.2, -0.15) is 0 Å². The van der Waals surface area contributed by atoms with Crippen LogP contribution in [0.25, 0.3) is 0 Å². The summed E-state index contributed by atoms with van der Waals surface area (Å²) in [6.45, 7) is 5.38. The van der Waals surface area contributed by atoms with E-state index >= 15 is 0 Å². The lowest BCUT2D eigenvalue weighted by atomic mass is 9.94. The molecule has 0 bridgehead atoms. The minimum absolute atomic E-state index is 0.557. The van der Waals surface area contributed by atoms with E-state index in [1.807, 2.05) is 32.0 Å². The second kappa shape index (κ2) is 3.30. The van der Waals surface area contributed by atoms with Crippen LogP contribution in [0.3, 0.4) is 0 Å². The quantitative estimate of drug-likeness (QED) is 0.700. The van der Waals surface area contributed by atoms with Gasteiger partial charge in [-0.3, -0.25) is 4.79 Å². The smallest absolute Gasteiger partial charge is 0.155 e. The van der Waals surface area contributed by atoms with Crippen LogP contribution in [-0.2, 0) is 10.4 Å². The Morgan fingerprint density at radius 3 is 2.08 bits per heavy atom. The molecule has 13 heavy (non-hydrogen) atoms. The number of carbonyl (C=O) groups excluding carboxylic acids is 1. The molecule has 0 amide bonds. The minimum Gasteiger partial charge on any atom is -0.378 e. The van der Waals surface area contributed by atoms with E-state index < -0.39 is 5.60 Å². The Labute approximate surface area is 78.2 Å². The van der Waals surface area contributed by atoms with E-state index in [1.54, 1.807) is 0 Å². The monoisotopic (exact) mass is 178 g/mol. The molecule has 1 unspecified atom stereocenters. The summed E-state index contributed by atoms with van der Waals surface area (Å²) >= 11 is 0. The molecule has 0 aliphatic carbocycles. The summed E-state index contributed by atoms with van der Waals surface area (Å²) in [6, 6.07) is 5.65. The molecule has 0 heterocycles. The van der Waals surface area contributed by atoms with Gasteiger partial charge in [-0.25, -0.2) is 0 Å². The number of hydrogen-bond donors (Lipinski definition) is 1. The first-order chi connectivity index (χ1) is 5.95. The number of rotatable bonds is 2. The maximum Gasteiger partial charge on any atom is 0.155 e. The number of aryl methyl sites for hydroxylation is 2. The topological polar surface area (TPSA) is 37.3 Å². The van der Waals surface area contributed by atoms with Crippen molar-refractivity contribution in [1.82, 2.24) is 0 Å². The van der Waals surface area contributed by atoms with Crippen LogP contribution in [0.5, 0.6) is 0 Å². The lowest BCUT2D eigenvalue weighted by Gasteiger charge is -2.17. The fraction of sp³-hybridized carbons (Fsp3) is 0.364. The van der Waals surface area contributed by atoms with Crippen molar-refractivity contribution in [2.24, 2.45) is 0 Å². The Morgan fingerprint density at radius 2 is 1.69 bits per heavy atom. The Kier molecular flexibility index (Phi) is 2.52. The van der Waals surface area contributed by atoms with Gasteiger partial charge in [0.05, 0.1) is 0 Å². The van der Waals surface area contributed by atoms with E-state index in [-0.39, 0.29) is 0 Å². The Bertz CT molecular complexity index is 307. The van der Waals surface area contributed by atoms with Crippen molar-refractivity contribution in [2.45, 2.75) is 26.4 Å². The highest BCUT2D eigenvalue weighted by Gasteiger charge is 2.21. The zero-order valence-corrected chi connectivity index (χ0v) is 8.16. The van der Waals surface area contributed by atoms with E-state index in [2.05, 4.69) is 0 Å². The minimum atomic E-state index is -1.36. The maximum absolute atomic E-state index is 10.6. The van der Waals surface area contributed by atoms with Gasteiger partial charge >= 0.3 is 0 Å². The average molecular weight is 178 g/mol. The lowest BCUT2D eigenvalue weighted by Crippen LogP contribution is -2.22. The first-order valence-electron chi connectivity index (χ1n) is 4.23. The normalized spacial score (nSPS) is 15.1. The molecular formula is C11H14O2. The van der Waals surface area contributed by atoms with E-state index in [0.717, 1.165) is 11.1 Å². The van der Waals surface area contributed by atoms with Crippen LogP contribution >= 0.6 is 0 Å². The summed E-state index contributed by atoms with van der Waals surface area (Å²) in [5.74, 6) is 0. The summed E-state index contributed by atoms with van der Waals surface area (Å²) in [5, 5.41) is 9.68. The highest BCUT2D eigenvalue weighted by Crippen LogP contribution is 2.20. The second-order valence-electron chi connectivity index (χ2n) is 3.64. The molecule has 2 nitrogen and oxygen atoms in total. The third kappa shape index (κ3) is 2.16. The predicted octanol–water partition coefficient (Wildman–Crippen LogP) is 1.71. The molecule has 0 fully saturated rings. The van der Waals surface area contributed by atoms with Gasteiger partial charge < -0.3 is 5.11 Å². The molecule has 1 aromatic carbocycles. The van der Waals surface area contributed by atoms with Gasteiger partial charge in [-0.05, 0) is 26.3 Å². The van der Waals surface area contributed by atoms with Crippen LogP contribution in [0.4, 0.5) is 0 Å². The first kappa shape index (κ1) is 9.93. The third-order valence-electron chi connectivity index (χ3n) is 2.04. The van der Waals surface area contributed by atoms with Gasteiger partial charge in [0.15, 0.2) is 6.29 Å². The fourth-order valence-electron chi connectivity index (χ4n) is 1.33. The van der Waals surface area contributed by atoms with Gasteiger partial charge in [0, 0.05) is 0 Å². The zero-order valence-electron chi connectivity index (χ0n) is 8.16. The van der Waals surface area contributed by atoms with Crippen molar-refractivity contribution in [2.75, 3.05) is 0 Å². The molecule has 0 saturated carbocycles. The van der Waals surface area contributed by atoms with Crippen LogP contribution in [0, 0.1) is 13.8 Å². The number of aliphatic hydroxyl groups is 1. The first-order valence-corrected chi connectivity index (χ1v) is 4.23. The van der Waals surface area contributed by atoms with Crippen LogP contribution in [0.15, 0.2) is 18.2 Å². The third-order valence-corrected chi connectivity index (χ3v) is 2.04. The summed E-state index contributed by atoms with van der Waals surface area (Å²) in [5.41, 5.74) is 1.39. The number of benzene rings is 1. The van der Waals surface area contributed by atoms with E-state index in [9.17, 15) is 9.90 Å². The standard InChI is InChI=1S/C11H14O2/c1-8-4-9(2)6-10(5-8)11(3,13)7-12/h4-7,13H,1-3H3. The maximum atomic E-state index is 10.6. The van der Waals surface area contributed by atoms with Gasteiger partial charge in [0.25, 0.3) is 0 Å². The van der Waals surface area contributed by atoms with Crippen LogP contribution in [0.1, 0.15) is 23.6 Å². The van der Waals surface area contributed by atoms with Gasteiger partial charge in [-0.15, -0.1) is 0 Å². The molecule has 0 spiro atoms. The lowest BCUT2D eigenvalue weighted by molar-refractivity contribution is -0.123. The van der Waals surface area contributed by atoms with Crippen molar-refractivity contribution in [3.8, 4) is 0 Å². The molecular weight excluding hydrogens is 164 g/mol. The Morgan fingerprint density at radius 1 is 1.23 bits per heavy atom. The van der Waals surface area contributed by atoms with Crippen molar-refractivity contribution < 1.29 is 9.90 Å². The molecule has 0 aliphatic heterocycles. The Hall–Kier alpha value is -1.15. The van der Waals surface area contributed by atoms with Gasteiger partial charge in [-0.1, -0.05) is 29.3 Å². The van der Waals surface area contributed by atoms with Crippen LogP contribution < -0.4 is 0 Å². The SMILES string of the molecule is Cc1cc(C)cc(C(C)(O)C=O)c1. The molecule has 0 saturated heterocycles. The van der Waals surface area contributed by atoms with Crippen molar-refractivity contribution >= 4 is 6.29 Å². The highest BCUT2D eigenvalue weighted by molar-refractivity contribution is 5.65. The van der Waals surface area contributed by atoms with E-state index in [1.165, 1.54) is 6.92 Å². The summed E-state index contributed by atoms with van der Waals surface area (Å²) < 4.78 is 0. The van der Waals surface area contributed by atoms with E-state index in [4.69, 9.17) is 0 Å². The van der Waals surface area contributed by atoms with Crippen LogP contribution in [0.2, 0.25) is 0 Å². The molecule has 70 valence electrons. The second-order valence-corrected chi connectivity index (χ2v) is 3.64. The molecule has 2 heteroatoms. The average Bonchev–Trinajstić information content (AvgIpc) is 2.02. The molecule has 1 rings (SSSR count). The van der Waals surface area contributed by atoms with Gasteiger partial charge in [0.2, 0.25) is 0 Å². The molecule has 1 aromatic rings. The summed E-state index contributed by atoms with van der Waals surface area (Å²) in [7, 11) is 0. The number of carbonyl (C=O) groups is 1. The number of hydrogen-bond acceptors (Lipinski definition) is 2. The largest absolute Gasteiger partial charge is 0.378 e. The van der Waals surface area contributed by atoms with Crippen molar-refractivity contribution in [3.05, 3.63) is 34.9 Å². The van der Waals surface area contributed by atoms with Crippen molar-refractivity contribution in [1.29, 1.82) is 0 Å². The highest BCUT2D eigenvalue weighted by atomic mass is 16.3. The Balaban J connectivity index is 3.22. The molecule has 0 aromatic heterocycles. The summed E-state index contributed by atoms with van der Waals surface area (Å²) in [4.78, 5) is 10.6. The fourth-order valence-corrected chi connectivity index (χ4v) is 1.33. The van der Waals surface area contributed by atoms with Crippen molar-refractivity contribution in [3.63, 3.8) is 0 Å². The van der Waals surface area contributed by atoms with Gasteiger partial charge in [0.1, 0.15) is 5.60 Å². The molecule has 0 radical (unpaired) electrons. The van der Waals surface area contributed by atoms with Crippen LogP contribution in [-0.4, -0.2) is 11.4 Å². The van der Waals surface area contributed by atoms with E-state index in [0.29, 0.717) is 11.8 Å². The predicted molar refractivity (Wildman–Crippen MR) is 51.6 cm³/mol. The summed E-state index contributed by atoms with van der Waals surface area (Å²) in [6.07, 6.45) is 0.557.